The summed E-state index contributed by atoms with van der Waals surface area (Å²) >= 11 is 0. The SMILES string of the molecule is Cc1cc(C(F)(F)F)cc(O)c1-c1ccc2c(n1)NC(N1CCNCC1)N2. The molecule has 1 atom stereocenters. The summed E-state index contributed by atoms with van der Waals surface area (Å²) in [5.74, 6) is 0.189. The summed E-state index contributed by atoms with van der Waals surface area (Å²) in [4.78, 5) is 6.77. The smallest absolute Gasteiger partial charge is 0.416 e. The van der Waals surface area contributed by atoms with Crippen LogP contribution in [-0.2, 0) is 6.18 Å². The topological polar surface area (TPSA) is 72.5 Å². The Morgan fingerprint density at radius 3 is 2.56 bits per heavy atom. The molecule has 3 heterocycles. The summed E-state index contributed by atoms with van der Waals surface area (Å²) in [5.41, 5.74) is 0.998. The molecular formula is C18H20F3N5O. The van der Waals surface area contributed by atoms with Crippen LogP contribution >= 0.6 is 0 Å². The molecule has 1 unspecified atom stereocenters. The van der Waals surface area contributed by atoms with Gasteiger partial charge >= 0.3 is 6.18 Å². The third-order valence-corrected chi connectivity index (χ3v) is 4.88. The summed E-state index contributed by atoms with van der Waals surface area (Å²) in [6.07, 6.45) is -4.58. The van der Waals surface area contributed by atoms with Gasteiger partial charge in [0.1, 0.15) is 5.75 Å². The highest BCUT2D eigenvalue weighted by atomic mass is 19.4. The third kappa shape index (κ3) is 3.40. The first-order valence-corrected chi connectivity index (χ1v) is 8.73. The lowest BCUT2D eigenvalue weighted by atomic mass is 10.00. The van der Waals surface area contributed by atoms with Gasteiger partial charge in [0, 0.05) is 31.7 Å². The number of hydrogen-bond acceptors (Lipinski definition) is 6. The molecule has 4 N–H and O–H groups in total. The molecule has 0 radical (unpaired) electrons. The van der Waals surface area contributed by atoms with Gasteiger partial charge in [-0.25, -0.2) is 4.98 Å². The van der Waals surface area contributed by atoms with Crippen LogP contribution in [0, 0.1) is 6.92 Å². The van der Waals surface area contributed by atoms with Crippen LogP contribution in [0.3, 0.4) is 0 Å². The number of aryl methyl sites for hydroxylation is 1. The van der Waals surface area contributed by atoms with E-state index in [9.17, 15) is 18.3 Å². The van der Waals surface area contributed by atoms with Crippen LogP contribution in [0.15, 0.2) is 24.3 Å². The highest BCUT2D eigenvalue weighted by molar-refractivity contribution is 5.78. The summed E-state index contributed by atoms with van der Waals surface area (Å²) in [6.45, 7) is 5.14. The molecule has 0 spiro atoms. The van der Waals surface area contributed by atoms with Crippen LogP contribution in [0.1, 0.15) is 11.1 Å². The maximum absolute atomic E-state index is 12.9. The van der Waals surface area contributed by atoms with E-state index in [2.05, 4.69) is 25.8 Å². The number of piperazine rings is 1. The number of phenolic OH excluding ortho intramolecular Hbond substituents is 1. The van der Waals surface area contributed by atoms with E-state index in [1.54, 1.807) is 6.07 Å². The number of nitrogens with zero attached hydrogens (tertiary/aromatic N) is 2. The Kier molecular flexibility index (Phi) is 4.35. The van der Waals surface area contributed by atoms with Gasteiger partial charge in [-0.3, -0.25) is 4.90 Å². The lowest BCUT2D eigenvalue weighted by Gasteiger charge is -2.32. The van der Waals surface area contributed by atoms with Gasteiger partial charge in [-0.15, -0.1) is 0 Å². The molecule has 2 aliphatic rings. The van der Waals surface area contributed by atoms with Crippen molar-refractivity contribution < 1.29 is 18.3 Å². The molecule has 1 aromatic heterocycles. The molecule has 9 heteroatoms. The average Bonchev–Trinajstić information content (AvgIpc) is 3.04. The minimum absolute atomic E-state index is 0.0767. The van der Waals surface area contributed by atoms with Crippen LogP contribution in [0.25, 0.3) is 11.3 Å². The quantitative estimate of drug-likeness (QED) is 0.643. The number of alkyl halides is 3. The Morgan fingerprint density at radius 2 is 1.89 bits per heavy atom. The second-order valence-electron chi connectivity index (χ2n) is 6.75. The zero-order valence-corrected chi connectivity index (χ0v) is 14.7. The molecule has 1 saturated heterocycles. The lowest BCUT2D eigenvalue weighted by Crippen LogP contribution is -2.52. The number of benzene rings is 1. The van der Waals surface area contributed by atoms with Gasteiger partial charge in [-0.2, -0.15) is 13.2 Å². The Balaban J connectivity index is 1.63. The Bertz CT molecular complexity index is 842. The highest BCUT2D eigenvalue weighted by Gasteiger charge is 2.32. The second kappa shape index (κ2) is 6.58. The van der Waals surface area contributed by atoms with Crippen molar-refractivity contribution in [1.82, 2.24) is 15.2 Å². The van der Waals surface area contributed by atoms with E-state index < -0.39 is 17.5 Å². The molecule has 0 amide bonds. The van der Waals surface area contributed by atoms with Gasteiger partial charge in [0.25, 0.3) is 0 Å². The van der Waals surface area contributed by atoms with Crippen LogP contribution in [0.2, 0.25) is 0 Å². The van der Waals surface area contributed by atoms with Gasteiger partial charge in [0.2, 0.25) is 0 Å². The summed E-state index contributed by atoms with van der Waals surface area (Å²) < 4.78 is 38.8. The first-order chi connectivity index (χ1) is 12.8. The summed E-state index contributed by atoms with van der Waals surface area (Å²) in [6, 6.07) is 5.29. The number of halogens is 3. The zero-order chi connectivity index (χ0) is 19.2. The van der Waals surface area contributed by atoms with Crippen molar-refractivity contribution >= 4 is 11.5 Å². The zero-order valence-electron chi connectivity index (χ0n) is 14.7. The first-order valence-electron chi connectivity index (χ1n) is 8.73. The largest absolute Gasteiger partial charge is 0.507 e. The Hall–Kier alpha value is -2.52. The second-order valence-corrected chi connectivity index (χ2v) is 6.75. The number of phenols is 1. The summed E-state index contributed by atoms with van der Waals surface area (Å²) in [5, 5.41) is 20.2. The van der Waals surface area contributed by atoms with E-state index in [1.807, 2.05) is 6.07 Å². The molecule has 27 heavy (non-hydrogen) atoms. The van der Waals surface area contributed by atoms with Crippen molar-refractivity contribution in [3.63, 3.8) is 0 Å². The maximum Gasteiger partial charge on any atom is 0.416 e. The highest BCUT2D eigenvalue weighted by Crippen LogP contribution is 2.40. The van der Waals surface area contributed by atoms with E-state index >= 15 is 0 Å². The average molecular weight is 379 g/mol. The first kappa shape index (κ1) is 17.9. The predicted octanol–water partition coefficient (Wildman–Crippen LogP) is 2.81. The number of rotatable bonds is 2. The molecule has 1 fully saturated rings. The number of aromatic nitrogens is 1. The third-order valence-electron chi connectivity index (χ3n) is 4.88. The number of hydrogen-bond donors (Lipinski definition) is 4. The molecule has 0 aliphatic carbocycles. The molecule has 1 aromatic carbocycles. The van der Waals surface area contributed by atoms with Gasteiger partial charge in [0.05, 0.1) is 16.9 Å². The van der Waals surface area contributed by atoms with Crippen molar-refractivity contribution in [3.8, 4) is 17.0 Å². The van der Waals surface area contributed by atoms with Crippen molar-refractivity contribution in [2.75, 3.05) is 36.8 Å². The van der Waals surface area contributed by atoms with E-state index in [0.29, 0.717) is 22.6 Å². The van der Waals surface area contributed by atoms with Crippen molar-refractivity contribution in [2.45, 2.75) is 19.4 Å². The number of fused-ring (bicyclic) bond motifs is 1. The monoisotopic (exact) mass is 379 g/mol. The van der Waals surface area contributed by atoms with Gasteiger partial charge in [0.15, 0.2) is 12.1 Å². The molecule has 2 aromatic rings. The van der Waals surface area contributed by atoms with Crippen LogP contribution < -0.4 is 16.0 Å². The van der Waals surface area contributed by atoms with Gasteiger partial charge < -0.3 is 21.1 Å². The predicted molar refractivity (Wildman–Crippen MR) is 96.6 cm³/mol. The molecule has 2 aliphatic heterocycles. The molecule has 0 bridgehead atoms. The normalized spacial score (nSPS) is 20.1. The fraction of sp³-hybridized carbons (Fsp3) is 0.389. The standard InChI is InChI=1S/C18H20F3N5O/c1-10-8-11(18(19,20)21)9-14(27)15(10)12-2-3-13-16(23-12)25-17(24-13)26-6-4-22-5-7-26/h2-3,8-9,17,22,24,27H,4-7H2,1H3,(H,23,25). The van der Waals surface area contributed by atoms with Crippen LogP contribution in [-0.4, -0.2) is 47.5 Å². The lowest BCUT2D eigenvalue weighted by molar-refractivity contribution is -0.137. The van der Waals surface area contributed by atoms with E-state index in [0.717, 1.165) is 44.0 Å². The fourth-order valence-electron chi connectivity index (χ4n) is 3.53. The minimum atomic E-state index is -4.51. The fourth-order valence-corrected chi connectivity index (χ4v) is 3.53. The molecule has 144 valence electrons. The van der Waals surface area contributed by atoms with Crippen molar-refractivity contribution in [1.29, 1.82) is 0 Å². The number of aromatic hydroxyl groups is 1. The number of anilines is 2. The molecule has 0 saturated carbocycles. The van der Waals surface area contributed by atoms with Crippen molar-refractivity contribution in [3.05, 3.63) is 35.4 Å². The van der Waals surface area contributed by atoms with Crippen molar-refractivity contribution in [2.24, 2.45) is 0 Å². The summed E-state index contributed by atoms with van der Waals surface area (Å²) in [7, 11) is 0. The van der Waals surface area contributed by atoms with Crippen LogP contribution in [0.4, 0.5) is 24.7 Å². The van der Waals surface area contributed by atoms with E-state index in [4.69, 9.17) is 0 Å². The molecular weight excluding hydrogens is 359 g/mol. The van der Waals surface area contributed by atoms with Gasteiger partial charge in [-0.05, 0) is 36.8 Å². The van der Waals surface area contributed by atoms with Gasteiger partial charge in [-0.1, -0.05) is 0 Å². The van der Waals surface area contributed by atoms with E-state index in [1.165, 1.54) is 6.92 Å². The Labute approximate surface area is 154 Å². The Morgan fingerprint density at radius 1 is 1.15 bits per heavy atom. The maximum atomic E-state index is 12.9. The minimum Gasteiger partial charge on any atom is -0.507 e. The molecule has 4 rings (SSSR count). The number of nitrogens with one attached hydrogen (secondary N) is 3. The number of pyridine rings is 1. The van der Waals surface area contributed by atoms with E-state index in [-0.39, 0.29) is 6.29 Å². The van der Waals surface area contributed by atoms with Crippen LogP contribution in [0.5, 0.6) is 5.75 Å². The molecule has 6 nitrogen and oxygen atoms in total.